The highest BCUT2D eigenvalue weighted by atomic mass is 16.5. The van der Waals surface area contributed by atoms with Crippen LogP contribution in [-0.2, 0) is 5.41 Å². The SMILES string of the molecule is CC(C)(CN)c1nc(-c2ccc(O)cc2)no1. The van der Waals surface area contributed by atoms with Gasteiger partial charge in [-0.05, 0) is 38.1 Å². The second-order valence-electron chi connectivity index (χ2n) is 4.56. The standard InChI is InChI=1S/C12H15N3O2/c1-12(2,7-13)11-14-10(15-17-11)8-3-5-9(16)6-4-8/h3-6,16H,7,13H2,1-2H3. The van der Waals surface area contributed by atoms with Crippen molar-refractivity contribution in [2.45, 2.75) is 19.3 Å². The third kappa shape index (κ3) is 2.29. The molecule has 0 radical (unpaired) electrons. The van der Waals surface area contributed by atoms with E-state index in [1.54, 1.807) is 24.3 Å². The average Bonchev–Trinajstić information content (AvgIpc) is 2.80. The van der Waals surface area contributed by atoms with E-state index in [9.17, 15) is 5.11 Å². The molecule has 2 rings (SSSR count). The molecule has 3 N–H and O–H groups in total. The van der Waals surface area contributed by atoms with E-state index in [0.29, 0.717) is 18.3 Å². The third-order valence-corrected chi connectivity index (χ3v) is 2.64. The topological polar surface area (TPSA) is 85.2 Å². The summed E-state index contributed by atoms with van der Waals surface area (Å²) >= 11 is 0. The number of aromatic hydroxyl groups is 1. The van der Waals surface area contributed by atoms with Crippen LogP contribution in [0.3, 0.4) is 0 Å². The normalized spacial score (nSPS) is 11.7. The van der Waals surface area contributed by atoms with Gasteiger partial charge in [-0.15, -0.1) is 0 Å². The van der Waals surface area contributed by atoms with E-state index in [-0.39, 0.29) is 11.2 Å². The maximum absolute atomic E-state index is 9.20. The average molecular weight is 233 g/mol. The van der Waals surface area contributed by atoms with Gasteiger partial charge in [-0.25, -0.2) is 0 Å². The molecule has 1 aromatic heterocycles. The molecule has 0 aliphatic rings. The maximum atomic E-state index is 9.20. The van der Waals surface area contributed by atoms with Gasteiger partial charge in [-0.3, -0.25) is 0 Å². The molecule has 1 heterocycles. The molecule has 0 aliphatic heterocycles. The van der Waals surface area contributed by atoms with E-state index in [1.165, 1.54) is 0 Å². The highest BCUT2D eigenvalue weighted by Crippen LogP contribution is 2.24. The fourth-order valence-corrected chi connectivity index (χ4v) is 1.31. The van der Waals surface area contributed by atoms with Gasteiger partial charge in [-0.2, -0.15) is 4.98 Å². The smallest absolute Gasteiger partial charge is 0.233 e. The Balaban J connectivity index is 2.33. The summed E-state index contributed by atoms with van der Waals surface area (Å²) in [7, 11) is 0. The first kappa shape index (κ1) is 11.6. The lowest BCUT2D eigenvalue weighted by Gasteiger charge is -2.15. The number of hydrogen-bond acceptors (Lipinski definition) is 5. The summed E-state index contributed by atoms with van der Waals surface area (Å²) in [4.78, 5) is 4.31. The van der Waals surface area contributed by atoms with E-state index in [1.807, 2.05) is 13.8 Å². The van der Waals surface area contributed by atoms with Crippen molar-refractivity contribution in [3.63, 3.8) is 0 Å². The molecule has 1 aromatic carbocycles. The molecular formula is C12H15N3O2. The molecular weight excluding hydrogens is 218 g/mol. The van der Waals surface area contributed by atoms with Crippen LogP contribution in [0.1, 0.15) is 19.7 Å². The molecule has 0 spiro atoms. The maximum Gasteiger partial charge on any atom is 0.233 e. The number of rotatable bonds is 3. The number of phenolic OH excluding ortho intramolecular Hbond substituents is 1. The monoisotopic (exact) mass is 233 g/mol. The largest absolute Gasteiger partial charge is 0.508 e. The van der Waals surface area contributed by atoms with Crippen molar-refractivity contribution < 1.29 is 9.63 Å². The van der Waals surface area contributed by atoms with Crippen LogP contribution in [0.5, 0.6) is 5.75 Å². The minimum atomic E-state index is -0.331. The Morgan fingerprint density at radius 1 is 1.29 bits per heavy atom. The first-order valence-corrected chi connectivity index (χ1v) is 5.36. The van der Waals surface area contributed by atoms with E-state index in [0.717, 1.165) is 5.56 Å². The summed E-state index contributed by atoms with van der Waals surface area (Å²) in [6.45, 7) is 4.33. The summed E-state index contributed by atoms with van der Waals surface area (Å²) in [6.07, 6.45) is 0. The quantitative estimate of drug-likeness (QED) is 0.842. The summed E-state index contributed by atoms with van der Waals surface area (Å²) in [5.74, 6) is 1.23. The van der Waals surface area contributed by atoms with E-state index >= 15 is 0 Å². The number of benzene rings is 1. The minimum Gasteiger partial charge on any atom is -0.508 e. The number of hydrogen-bond donors (Lipinski definition) is 2. The predicted octanol–water partition coefficient (Wildman–Crippen LogP) is 1.68. The predicted molar refractivity (Wildman–Crippen MR) is 63.5 cm³/mol. The summed E-state index contributed by atoms with van der Waals surface area (Å²) < 4.78 is 5.20. The Morgan fingerprint density at radius 2 is 1.94 bits per heavy atom. The fourth-order valence-electron chi connectivity index (χ4n) is 1.31. The second-order valence-corrected chi connectivity index (χ2v) is 4.56. The van der Waals surface area contributed by atoms with Gasteiger partial charge in [0, 0.05) is 12.1 Å². The van der Waals surface area contributed by atoms with Crippen molar-refractivity contribution in [1.29, 1.82) is 0 Å². The van der Waals surface area contributed by atoms with Crippen LogP contribution in [0.4, 0.5) is 0 Å². The highest BCUT2D eigenvalue weighted by molar-refractivity contribution is 5.55. The van der Waals surface area contributed by atoms with Gasteiger partial charge in [0.1, 0.15) is 5.75 Å². The molecule has 5 heteroatoms. The highest BCUT2D eigenvalue weighted by Gasteiger charge is 2.26. The molecule has 0 atom stereocenters. The van der Waals surface area contributed by atoms with E-state index < -0.39 is 0 Å². The van der Waals surface area contributed by atoms with Crippen molar-refractivity contribution >= 4 is 0 Å². The van der Waals surface area contributed by atoms with Gasteiger partial charge in [-0.1, -0.05) is 5.16 Å². The molecule has 0 fully saturated rings. The lowest BCUT2D eigenvalue weighted by Crippen LogP contribution is -2.28. The van der Waals surface area contributed by atoms with Crippen LogP contribution in [0, 0.1) is 0 Å². The van der Waals surface area contributed by atoms with Crippen molar-refractivity contribution in [3.8, 4) is 17.1 Å². The molecule has 90 valence electrons. The van der Waals surface area contributed by atoms with Crippen LogP contribution in [0.15, 0.2) is 28.8 Å². The van der Waals surface area contributed by atoms with Crippen LogP contribution in [0.2, 0.25) is 0 Å². The Hall–Kier alpha value is -1.88. The van der Waals surface area contributed by atoms with Crippen molar-refractivity contribution in [1.82, 2.24) is 10.1 Å². The summed E-state index contributed by atoms with van der Waals surface area (Å²) in [5, 5.41) is 13.1. The fraction of sp³-hybridized carbons (Fsp3) is 0.333. The van der Waals surface area contributed by atoms with Crippen LogP contribution in [-0.4, -0.2) is 21.8 Å². The minimum absolute atomic E-state index is 0.208. The van der Waals surface area contributed by atoms with Gasteiger partial charge in [0.2, 0.25) is 11.7 Å². The number of phenols is 1. The Morgan fingerprint density at radius 3 is 2.53 bits per heavy atom. The number of nitrogens with zero attached hydrogens (tertiary/aromatic N) is 2. The van der Waals surface area contributed by atoms with Gasteiger partial charge >= 0.3 is 0 Å². The Bertz CT molecular complexity index is 503. The lowest BCUT2D eigenvalue weighted by atomic mass is 9.94. The van der Waals surface area contributed by atoms with Crippen molar-refractivity contribution in [2.75, 3.05) is 6.54 Å². The third-order valence-electron chi connectivity index (χ3n) is 2.64. The molecule has 0 aliphatic carbocycles. The molecule has 0 unspecified atom stereocenters. The Labute approximate surface area is 99.3 Å². The molecule has 2 aromatic rings. The zero-order valence-electron chi connectivity index (χ0n) is 9.84. The van der Waals surface area contributed by atoms with Crippen LogP contribution >= 0.6 is 0 Å². The molecule has 0 bridgehead atoms. The van der Waals surface area contributed by atoms with Crippen molar-refractivity contribution in [3.05, 3.63) is 30.2 Å². The lowest BCUT2D eigenvalue weighted by molar-refractivity contribution is 0.311. The summed E-state index contributed by atoms with van der Waals surface area (Å²) in [6, 6.07) is 6.64. The molecule has 17 heavy (non-hydrogen) atoms. The van der Waals surface area contributed by atoms with Crippen LogP contribution < -0.4 is 5.73 Å². The van der Waals surface area contributed by atoms with Crippen LogP contribution in [0.25, 0.3) is 11.4 Å². The first-order valence-electron chi connectivity index (χ1n) is 5.36. The van der Waals surface area contributed by atoms with Gasteiger partial charge in [0.25, 0.3) is 0 Å². The summed E-state index contributed by atoms with van der Waals surface area (Å²) in [5.41, 5.74) is 6.11. The van der Waals surface area contributed by atoms with Crippen molar-refractivity contribution in [2.24, 2.45) is 5.73 Å². The molecule has 5 nitrogen and oxygen atoms in total. The van der Waals surface area contributed by atoms with E-state index in [4.69, 9.17) is 10.3 Å². The number of nitrogens with two attached hydrogens (primary N) is 1. The zero-order chi connectivity index (χ0) is 12.5. The first-order chi connectivity index (χ1) is 8.03. The zero-order valence-corrected chi connectivity index (χ0v) is 9.84. The molecule has 0 amide bonds. The molecule has 0 saturated heterocycles. The van der Waals surface area contributed by atoms with Gasteiger partial charge in [0.05, 0.1) is 5.41 Å². The van der Waals surface area contributed by atoms with Gasteiger partial charge in [0.15, 0.2) is 0 Å². The molecule has 0 saturated carbocycles. The number of aromatic nitrogens is 2. The second kappa shape index (κ2) is 4.18. The van der Waals surface area contributed by atoms with Gasteiger partial charge < -0.3 is 15.4 Å². The van der Waals surface area contributed by atoms with E-state index in [2.05, 4.69) is 10.1 Å². The Kier molecular flexibility index (Phi) is 2.85.